The Morgan fingerprint density at radius 1 is 1.17 bits per heavy atom. The van der Waals surface area contributed by atoms with Crippen LogP contribution in [0.25, 0.3) is 0 Å². The van der Waals surface area contributed by atoms with Crippen molar-refractivity contribution in [1.82, 2.24) is 4.90 Å². The molecule has 1 N–H and O–H groups in total. The summed E-state index contributed by atoms with van der Waals surface area (Å²) >= 11 is 0. The zero-order valence-electron chi connectivity index (χ0n) is 11.2. The monoisotopic (exact) mass is 242 g/mol. The minimum absolute atomic E-state index is 0.740. The van der Waals surface area contributed by atoms with E-state index >= 15 is 0 Å². The maximum atomic E-state index is 8.27. The summed E-state index contributed by atoms with van der Waals surface area (Å²) in [7, 11) is 0. The fraction of sp³-hybridized carbons (Fsp3) is 0.562. The average molecular weight is 242 g/mol. The molecule has 96 valence electrons. The molecule has 0 bridgehead atoms. The molecule has 0 spiro atoms. The molecule has 2 nitrogen and oxygen atoms in total. The van der Waals surface area contributed by atoms with E-state index in [1.807, 2.05) is 6.07 Å². The first-order valence-electron chi connectivity index (χ1n) is 7.16. The predicted octanol–water partition coefficient (Wildman–Crippen LogP) is 3.65. The Balaban J connectivity index is 1.64. The molecule has 0 radical (unpaired) electrons. The van der Waals surface area contributed by atoms with Crippen molar-refractivity contribution in [1.29, 1.82) is 5.41 Å². The molecule has 1 saturated carbocycles. The molecule has 1 aliphatic carbocycles. The van der Waals surface area contributed by atoms with Crippen molar-refractivity contribution in [2.45, 2.75) is 39.2 Å². The summed E-state index contributed by atoms with van der Waals surface area (Å²) < 4.78 is 0. The number of nitrogens with zero attached hydrogens (tertiary/aromatic N) is 1. The lowest BCUT2D eigenvalue weighted by atomic mass is 9.83. The summed E-state index contributed by atoms with van der Waals surface area (Å²) in [6.45, 7) is 4.39. The van der Waals surface area contributed by atoms with Crippen LogP contribution in [0.5, 0.6) is 0 Å². The molecule has 1 aromatic rings. The van der Waals surface area contributed by atoms with Crippen LogP contribution in [-0.2, 0) is 6.54 Å². The van der Waals surface area contributed by atoms with Crippen LogP contribution in [0.2, 0.25) is 0 Å². The van der Waals surface area contributed by atoms with Gasteiger partial charge in [0.2, 0.25) is 0 Å². The van der Waals surface area contributed by atoms with Gasteiger partial charge in [0.15, 0.2) is 0 Å². The molecular formula is C16H22N2. The van der Waals surface area contributed by atoms with Gasteiger partial charge in [-0.15, -0.1) is 0 Å². The lowest BCUT2D eigenvalue weighted by molar-refractivity contribution is 0.238. The van der Waals surface area contributed by atoms with E-state index in [9.17, 15) is 0 Å². The van der Waals surface area contributed by atoms with E-state index in [4.69, 9.17) is 5.41 Å². The first-order valence-corrected chi connectivity index (χ1v) is 7.16. The molecule has 18 heavy (non-hydrogen) atoms. The number of benzene rings is 1. The molecule has 0 amide bonds. The van der Waals surface area contributed by atoms with Gasteiger partial charge in [-0.05, 0) is 30.2 Å². The topological polar surface area (TPSA) is 27.1 Å². The lowest BCUT2D eigenvalue weighted by Gasteiger charge is -2.30. The Bertz CT molecular complexity index is 444. The highest BCUT2D eigenvalue weighted by atomic mass is 15.2. The average Bonchev–Trinajstić information content (AvgIpc) is 2.70. The summed E-state index contributed by atoms with van der Waals surface area (Å²) in [5.74, 6) is 2.46. The van der Waals surface area contributed by atoms with Crippen molar-refractivity contribution in [2.75, 3.05) is 6.54 Å². The van der Waals surface area contributed by atoms with Gasteiger partial charge >= 0.3 is 0 Å². The fourth-order valence-corrected chi connectivity index (χ4v) is 3.32. The summed E-state index contributed by atoms with van der Waals surface area (Å²) in [6, 6.07) is 8.37. The SMILES string of the molecule is CC1CCC(CN2Cc3ccccc3C2=N)CC1. The fourth-order valence-electron chi connectivity index (χ4n) is 3.32. The highest BCUT2D eigenvalue weighted by molar-refractivity contribution is 6.00. The van der Waals surface area contributed by atoms with Crippen LogP contribution in [0.15, 0.2) is 24.3 Å². The Hall–Kier alpha value is -1.31. The third-order valence-electron chi connectivity index (χ3n) is 4.56. The summed E-state index contributed by atoms with van der Waals surface area (Å²) in [5.41, 5.74) is 2.47. The van der Waals surface area contributed by atoms with Gasteiger partial charge in [0.05, 0.1) is 0 Å². The van der Waals surface area contributed by atoms with E-state index in [1.54, 1.807) is 0 Å². The van der Waals surface area contributed by atoms with Gasteiger partial charge in [0, 0.05) is 18.7 Å². The Labute approximate surface area is 110 Å². The molecule has 1 aliphatic heterocycles. The number of rotatable bonds is 2. The molecule has 1 heterocycles. The summed E-state index contributed by atoms with van der Waals surface area (Å²) in [4.78, 5) is 2.27. The van der Waals surface area contributed by atoms with Gasteiger partial charge in [-0.25, -0.2) is 0 Å². The van der Waals surface area contributed by atoms with E-state index in [0.29, 0.717) is 0 Å². The number of hydrogen-bond acceptors (Lipinski definition) is 1. The molecule has 0 aromatic heterocycles. The summed E-state index contributed by atoms with van der Waals surface area (Å²) in [6.07, 6.45) is 5.44. The van der Waals surface area contributed by atoms with Crippen molar-refractivity contribution < 1.29 is 0 Å². The van der Waals surface area contributed by atoms with Gasteiger partial charge in [0.25, 0.3) is 0 Å². The molecule has 0 saturated heterocycles. The van der Waals surface area contributed by atoms with E-state index < -0.39 is 0 Å². The second-order valence-electron chi connectivity index (χ2n) is 6.01. The minimum atomic E-state index is 0.740. The second-order valence-corrected chi connectivity index (χ2v) is 6.01. The van der Waals surface area contributed by atoms with Gasteiger partial charge in [0.1, 0.15) is 5.84 Å². The predicted molar refractivity (Wildman–Crippen MR) is 74.8 cm³/mol. The molecule has 0 unspecified atom stereocenters. The molecule has 2 heteroatoms. The first kappa shape index (κ1) is 11.8. The number of hydrogen-bond donors (Lipinski definition) is 1. The third kappa shape index (κ3) is 2.16. The van der Waals surface area contributed by atoms with Crippen molar-refractivity contribution in [3.8, 4) is 0 Å². The van der Waals surface area contributed by atoms with E-state index in [0.717, 1.165) is 36.3 Å². The van der Waals surface area contributed by atoms with E-state index in [-0.39, 0.29) is 0 Å². The highest BCUT2D eigenvalue weighted by Crippen LogP contribution is 2.31. The molecule has 1 fully saturated rings. The van der Waals surface area contributed by atoms with Crippen molar-refractivity contribution in [3.05, 3.63) is 35.4 Å². The normalized spacial score (nSPS) is 27.4. The molecular weight excluding hydrogens is 220 g/mol. The lowest BCUT2D eigenvalue weighted by Crippen LogP contribution is -2.31. The van der Waals surface area contributed by atoms with Crippen molar-refractivity contribution in [2.24, 2.45) is 11.8 Å². The molecule has 0 atom stereocenters. The zero-order valence-corrected chi connectivity index (χ0v) is 11.2. The second kappa shape index (κ2) is 4.75. The van der Waals surface area contributed by atoms with Crippen molar-refractivity contribution in [3.63, 3.8) is 0 Å². The Morgan fingerprint density at radius 2 is 1.89 bits per heavy atom. The van der Waals surface area contributed by atoms with Crippen LogP contribution in [0.4, 0.5) is 0 Å². The first-order chi connectivity index (χ1) is 8.74. The highest BCUT2D eigenvalue weighted by Gasteiger charge is 2.27. The minimum Gasteiger partial charge on any atom is -0.352 e. The van der Waals surface area contributed by atoms with Crippen molar-refractivity contribution >= 4 is 5.84 Å². The standard InChI is InChI=1S/C16H22N2/c1-12-6-8-13(9-7-12)10-18-11-14-4-2-3-5-15(14)16(18)17/h2-5,12-13,17H,6-11H2,1H3. The maximum absolute atomic E-state index is 8.27. The molecule has 3 rings (SSSR count). The quantitative estimate of drug-likeness (QED) is 0.842. The van der Waals surface area contributed by atoms with Crippen LogP contribution in [-0.4, -0.2) is 17.3 Å². The van der Waals surface area contributed by atoms with Crippen LogP contribution in [0.1, 0.15) is 43.7 Å². The molecule has 1 aromatic carbocycles. The van der Waals surface area contributed by atoms with Crippen LogP contribution in [0, 0.1) is 17.2 Å². The summed E-state index contributed by atoms with van der Waals surface area (Å²) in [5, 5.41) is 8.27. The Kier molecular flexibility index (Phi) is 3.11. The number of nitrogens with one attached hydrogen (secondary N) is 1. The van der Waals surface area contributed by atoms with Crippen LogP contribution >= 0.6 is 0 Å². The van der Waals surface area contributed by atoms with Gasteiger partial charge in [-0.2, -0.15) is 0 Å². The maximum Gasteiger partial charge on any atom is 0.128 e. The zero-order chi connectivity index (χ0) is 12.5. The van der Waals surface area contributed by atoms with Gasteiger partial charge in [-0.1, -0.05) is 44.0 Å². The van der Waals surface area contributed by atoms with Crippen LogP contribution in [0.3, 0.4) is 0 Å². The smallest absolute Gasteiger partial charge is 0.128 e. The largest absolute Gasteiger partial charge is 0.352 e. The van der Waals surface area contributed by atoms with Gasteiger partial charge < -0.3 is 4.90 Å². The van der Waals surface area contributed by atoms with Gasteiger partial charge in [-0.3, -0.25) is 5.41 Å². The van der Waals surface area contributed by atoms with Crippen LogP contribution < -0.4 is 0 Å². The molecule has 2 aliphatic rings. The van der Waals surface area contributed by atoms with E-state index in [1.165, 1.54) is 31.2 Å². The third-order valence-corrected chi connectivity index (χ3v) is 4.56. The number of amidine groups is 1. The number of fused-ring (bicyclic) bond motifs is 1. The Morgan fingerprint density at radius 3 is 2.61 bits per heavy atom. The van der Waals surface area contributed by atoms with E-state index in [2.05, 4.69) is 30.0 Å².